The molecule has 0 radical (unpaired) electrons. The van der Waals surface area contributed by atoms with Gasteiger partial charge in [-0.2, -0.15) is 0 Å². The van der Waals surface area contributed by atoms with Crippen molar-refractivity contribution in [3.05, 3.63) is 33.8 Å². The molecule has 2 N–H and O–H groups in total. The Bertz CT molecular complexity index is 498. The van der Waals surface area contributed by atoms with Crippen LogP contribution >= 0.6 is 15.9 Å². The molecule has 2 rings (SSSR count). The van der Waals surface area contributed by atoms with Gasteiger partial charge in [-0.1, -0.05) is 22.0 Å². The van der Waals surface area contributed by atoms with Crippen molar-refractivity contribution in [3.63, 3.8) is 0 Å². The molecule has 1 aliphatic carbocycles. The number of carbonyl (C=O) groups excluding carboxylic acids is 2. The van der Waals surface area contributed by atoms with Crippen molar-refractivity contribution in [3.8, 4) is 0 Å². The van der Waals surface area contributed by atoms with E-state index in [4.69, 9.17) is 0 Å². The number of amides is 2. The minimum atomic E-state index is -0.756. The number of rotatable bonds is 2. The van der Waals surface area contributed by atoms with Crippen LogP contribution < -0.4 is 10.6 Å². The van der Waals surface area contributed by atoms with Crippen molar-refractivity contribution in [1.82, 2.24) is 10.6 Å². The summed E-state index contributed by atoms with van der Waals surface area (Å²) >= 11 is 3.43. The second kappa shape index (κ2) is 4.72. The molecule has 2 amide bonds. The summed E-state index contributed by atoms with van der Waals surface area (Å²) in [4.78, 5) is 22.8. The number of hydrogen-bond donors (Lipinski definition) is 2. The second-order valence-electron chi connectivity index (χ2n) is 4.57. The summed E-state index contributed by atoms with van der Waals surface area (Å²) in [5.74, 6) is -0.306. The van der Waals surface area contributed by atoms with Crippen LogP contribution in [0.4, 0.5) is 0 Å². The van der Waals surface area contributed by atoms with Crippen molar-refractivity contribution in [1.29, 1.82) is 0 Å². The Kier molecular flexibility index (Phi) is 3.43. The summed E-state index contributed by atoms with van der Waals surface area (Å²) < 4.78 is 1.00. The van der Waals surface area contributed by atoms with Crippen molar-refractivity contribution >= 4 is 27.7 Å². The monoisotopic (exact) mass is 310 g/mol. The van der Waals surface area contributed by atoms with Gasteiger partial charge in [0.1, 0.15) is 5.66 Å². The molecule has 0 atom stereocenters. The van der Waals surface area contributed by atoms with Gasteiger partial charge in [-0.15, -0.1) is 0 Å². The van der Waals surface area contributed by atoms with E-state index < -0.39 is 5.66 Å². The van der Waals surface area contributed by atoms with Crippen molar-refractivity contribution in [2.45, 2.75) is 32.4 Å². The van der Waals surface area contributed by atoms with Crippen LogP contribution in [-0.4, -0.2) is 11.8 Å². The Hall–Kier alpha value is -1.36. The van der Waals surface area contributed by atoms with Crippen molar-refractivity contribution in [2.24, 2.45) is 0 Å². The molecule has 1 aromatic carbocycles. The van der Waals surface area contributed by atoms with Gasteiger partial charge in [-0.05, 0) is 30.5 Å². The number of fused-ring (bicyclic) bond motifs is 1. The van der Waals surface area contributed by atoms with E-state index in [2.05, 4.69) is 26.6 Å². The van der Waals surface area contributed by atoms with Crippen LogP contribution in [0.15, 0.2) is 22.7 Å². The summed E-state index contributed by atoms with van der Waals surface area (Å²) in [5.41, 5.74) is 1.36. The van der Waals surface area contributed by atoms with Crippen LogP contribution in [0, 0.1) is 0 Å². The van der Waals surface area contributed by atoms with Crippen LogP contribution in [0.1, 0.15) is 31.4 Å². The maximum absolute atomic E-state index is 11.4. The lowest BCUT2D eigenvalue weighted by Crippen LogP contribution is -2.55. The Morgan fingerprint density at radius 3 is 2.39 bits per heavy atom. The van der Waals surface area contributed by atoms with Crippen LogP contribution in [0.5, 0.6) is 0 Å². The number of halogens is 1. The molecule has 0 fully saturated rings. The second-order valence-corrected chi connectivity index (χ2v) is 5.48. The molecule has 0 saturated heterocycles. The van der Waals surface area contributed by atoms with Gasteiger partial charge in [0.15, 0.2) is 0 Å². The molecule has 0 bridgehead atoms. The highest BCUT2D eigenvalue weighted by atomic mass is 79.9. The zero-order valence-electron chi connectivity index (χ0n) is 10.3. The first-order chi connectivity index (χ1) is 8.43. The fraction of sp³-hybridized carbons (Fsp3) is 0.385. The van der Waals surface area contributed by atoms with Gasteiger partial charge < -0.3 is 10.6 Å². The Morgan fingerprint density at radius 1 is 1.22 bits per heavy atom. The Labute approximate surface area is 114 Å². The summed E-state index contributed by atoms with van der Waals surface area (Å²) in [6.07, 6.45) is 1.51. The van der Waals surface area contributed by atoms with E-state index in [1.165, 1.54) is 13.8 Å². The standard InChI is InChI=1S/C13H15BrN2O2/c1-8(17)15-13(16-9(2)18)6-5-10-7-11(14)3-4-12(10)13/h3-4,7H,5-6H2,1-2H3,(H,15,17)(H,16,18). The van der Waals surface area contributed by atoms with Gasteiger partial charge in [-0.3, -0.25) is 9.59 Å². The smallest absolute Gasteiger partial charge is 0.218 e. The van der Waals surface area contributed by atoms with Crippen molar-refractivity contribution in [2.75, 3.05) is 0 Å². The fourth-order valence-corrected chi connectivity index (χ4v) is 2.94. The lowest BCUT2D eigenvalue weighted by molar-refractivity contribution is -0.125. The van der Waals surface area contributed by atoms with Crippen LogP contribution in [-0.2, 0) is 21.7 Å². The van der Waals surface area contributed by atoms with Gasteiger partial charge in [0.25, 0.3) is 0 Å². The van der Waals surface area contributed by atoms with Gasteiger partial charge in [0, 0.05) is 23.9 Å². The first kappa shape index (κ1) is 13.1. The van der Waals surface area contributed by atoms with E-state index in [9.17, 15) is 9.59 Å². The lowest BCUT2D eigenvalue weighted by atomic mass is 10.0. The van der Waals surface area contributed by atoms with Crippen molar-refractivity contribution < 1.29 is 9.59 Å². The number of aryl methyl sites for hydroxylation is 1. The number of benzene rings is 1. The third-order valence-electron chi connectivity index (χ3n) is 3.08. The highest BCUT2D eigenvalue weighted by molar-refractivity contribution is 9.10. The molecule has 0 spiro atoms. The van der Waals surface area contributed by atoms with Crippen LogP contribution in [0.2, 0.25) is 0 Å². The van der Waals surface area contributed by atoms with Gasteiger partial charge in [-0.25, -0.2) is 0 Å². The molecule has 5 heteroatoms. The zero-order chi connectivity index (χ0) is 13.3. The summed E-state index contributed by atoms with van der Waals surface area (Å²) in [5, 5.41) is 5.75. The fourth-order valence-electron chi connectivity index (χ4n) is 2.53. The van der Waals surface area contributed by atoms with Gasteiger partial charge in [0.05, 0.1) is 0 Å². The minimum absolute atomic E-state index is 0.153. The Morgan fingerprint density at radius 2 is 1.83 bits per heavy atom. The third kappa shape index (κ3) is 2.41. The van der Waals surface area contributed by atoms with Gasteiger partial charge in [0.2, 0.25) is 11.8 Å². The lowest BCUT2D eigenvalue weighted by Gasteiger charge is -2.32. The summed E-state index contributed by atoms with van der Waals surface area (Å²) in [7, 11) is 0. The average molecular weight is 311 g/mol. The zero-order valence-corrected chi connectivity index (χ0v) is 11.9. The SMILES string of the molecule is CC(=O)NC1(NC(C)=O)CCc2cc(Br)ccc21. The normalized spacial score (nSPS) is 15.9. The highest BCUT2D eigenvalue weighted by Gasteiger charge is 2.40. The molecular formula is C13H15BrN2O2. The highest BCUT2D eigenvalue weighted by Crippen LogP contribution is 2.36. The molecule has 0 saturated carbocycles. The predicted molar refractivity (Wildman–Crippen MR) is 71.8 cm³/mol. The maximum atomic E-state index is 11.4. The van der Waals surface area contributed by atoms with E-state index in [1.807, 2.05) is 18.2 Å². The molecule has 0 unspecified atom stereocenters. The minimum Gasteiger partial charge on any atom is -0.330 e. The Balaban J connectivity index is 2.45. The van der Waals surface area contributed by atoms with E-state index in [-0.39, 0.29) is 11.8 Å². The van der Waals surface area contributed by atoms with E-state index >= 15 is 0 Å². The molecule has 1 aliphatic rings. The number of nitrogens with one attached hydrogen (secondary N) is 2. The quantitative estimate of drug-likeness (QED) is 0.819. The molecule has 0 aliphatic heterocycles. The largest absolute Gasteiger partial charge is 0.330 e. The molecule has 96 valence electrons. The topological polar surface area (TPSA) is 58.2 Å². The van der Waals surface area contributed by atoms with E-state index in [0.29, 0.717) is 6.42 Å². The molecule has 4 nitrogen and oxygen atoms in total. The molecule has 0 aromatic heterocycles. The molecule has 0 heterocycles. The first-order valence-corrected chi connectivity index (χ1v) is 6.59. The molecule has 18 heavy (non-hydrogen) atoms. The summed E-state index contributed by atoms with van der Waals surface area (Å²) in [6, 6.07) is 5.89. The number of hydrogen-bond acceptors (Lipinski definition) is 2. The van der Waals surface area contributed by atoms with Crippen LogP contribution in [0.25, 0.3) is 0 Å². The van der Waals surface area contributed by atoms with E-state index in [1.54, 1.807) is 0 Å². The molecular weight excluding hydrogens is 296 g/mol. The van der Waals surface area contributed by atoms with Crippen LogP contribution in [0.3, 0.4) is 0 Å². The summed E-state index contributed by atoms with van der Waals surface area (Å²) in [6.45, 7) is 2.92. The van der Waals surface area contributed by atoms with E-state index in [0.717, 1.165) is 22.0 Å². The third-order valence-corrected chi connectivity index (χ3v) is 3.57. The first-order valence-electron chi connectivity index (χ1n) is 5.79. The predicted octanol–water partition coefficient (Wildman–Crippen LogP) is 1.82. The molecule has 1 aromatic rings. The maximum Gasteiger partial charge on any atom is 0.218 e. The van der Waals surface area contributed by atoms with Gasteiger partial charge >= 0.3 is 0 Å². The number of carbonyl (C=O) groups is 2. The average Bonchev–Trinajstić information content (AvgIpc) is 2.54.